The Bertz CT molecular complexity index is 282. The molecule has 1 saturated heterocycles. The number of anilines is 1. The first-order chi connectivity index (χ1) is 6.36. The number of rotatable bonds is 2. The Hall–Kier alpha value is -1.01. The summed E-state index contributed by atoms with van der Waals surface area (Å²) in [4.78, 5) is 11.4. The Morgan fingerprint density at radius 3 is 3.31 bits per heavy atom. The molecule has 0 spiro atoms. The van der Waals surface area contributed by atoms with Crippen LogP contribution in [0.1, 0.15) is 12.8 Å². The molecule has 1 amide bonds. The molecule has 1 aromatic heterocycles. The van der Waals surface area contributed by atoms with Gasteiger partial charge in [-0.15, -0.1) is 5.10 Å². The summed E-state index contributed by atoms with van der Waals surface area (Å²) in [6.07, 6.45) is 3.00. The maximum absolute atomic E-state index is 11.4. The van der Waals surface area contributed by atoms with Crippen LogP contribution in [0.4, 0.5) is 5.00 Å². The normalized spacial score (nSPS) is 21.7. The molecule has 0 unspecified atom stereocenters. The minimum atomic E-state index is -0.290. The molecule has 2 rings (SSSR count). The maximum atomic E-state index is 11.4. The van der Waals surface area contributed by atoms with Crippen LogP contribution in [-0.2, 0) is 9.53 Å². The SMILES string of the molecule is O=C(Nc1cnns1)[C@H]1CCCO1. The van der Waals surface area contributed by atoms with Crippen LogP contribution in [0.2, 0.25) is 0 Å². The van der Waals surface area contributed by atoms with Crippen LogP contribution in [0.3, 0.4) is 0 Å². The molecule has 0 saturated carbocycles. The number of ether oxygens (including phenoxy) is 1. The van der Waals surface area contributed by atoms with Gasteiger partial charge in [-0.05, 0) is 12.8 Å². The molecule has 1 atom stereocenters. The van der Waals surface area contributed by atoms with E-state index in [1.807, 2.05) is 0 Å². The van der Waals surface area contributed by atoms with Gasteiger partial charge in [0.05, 0.1) is 6.20 Å². The third-order valence-electron chi connectivity index (χ3n) is 1.83. The van der Waals surface area contributed by atoms with E-state index in [-0.39, 0.29) is 12.0 Å². The first-order valence-electron chi connectivity index (χ1n) is 4.06. The largest absolute Gasteiger partial charge is 0.368 e. The lowest BCUT2D eigenvalue weighted by Crippen LogP contribution is -2.26. The van der Waals surface area contributed by atoms with E-state index < -0.39 is 0 Å². The summed E-state index contributed by atoms with van der Waals surface area (Å²) in [5.74, 6) is -0.0939. The number of hydrogen-bond donors (Lipinski definition) is 1. The van der Waals surface area contributed by atoms with E-state index in [1.165, 1.54) is 6.20 Å². The van der Waals surface area contributed by atoms with Gasteiger partial charge >= 0.3 is 0 Å². The van der Waals surface area contributed by atoms with E-state index in [2.05, 4.69) is 14.9 Å². The van der Waals surface area contributed by atoms with Crippen molar-refractivity contribution in [1.82, 2.24) is 9.59 Å². The number of nitrogens with zero attached hydrogens (tertiary/aromatic N) is 2. The zero-order chi connectivity index (χ0) is 9.10. The van der Waals surface area contributed by atoms with Crippen LogP contribution in [0.5, 0.6) is 0 Å². The van der Waals surface area contributed by atoms with Gasteiger partial charge in [0.15, 0.2) is 0 Å². The number of carbonyl (C=O) groups is 1. The van der Waals surface area contributed by atoms with Gasteiger partial charge in [-0.25, -0.2) is 0 Å². The number of nitrogens with one attached hydrogen (secondary N) is 1. The molecule has 0 radical (unpaired) electrons. The second-order valence-corrected chi connectivity index (χ2v) is 3.56. The predicted molar refractivity (Wildman–Crippen MR) is 47.5 cm³/mol. The standard InChI is InChI=1S/C7H9N3O2S/c11-7(5-2-1-3-12-5)9-6-4-8-10-13-6/h4-5H,1-3H2,(H,9,11)/t5-/m1/s1. The fourth-order valence-corrected chi connectivity index (χ4v) is 1.63. The Labute approximate surface area is 79.3 Å². The Morgan fingerprint density at radius 1 is 1.77 bits per heavy atom. The van der Waals surface area contributed by atoms with Gasteiger partial charge in [0.1, 0.15) is 11.1 Å². The monoisotopic (exact) mass is 199 g/mol. The molecule has 1 aliphatic heterocycles. The lowest BCUT2D eigenvalue weighted by molar-refractivity contribution is -0.124. The summed E-state index contributed by atoms with van der Waals surface area (Å²) in [5.41, 5.74) is 0. The quantitative estimate of drug-likeness (QED) is 0.759. The van der Waals surface area contributed by atoms with Crippen molar-refractivity contribution in [3.8, 4) is 0 Å². The minimum absolute atomic E-state index is 0.0939. The lowest BCUT2D eigenvalue weighted by atomic mass is 10.2. The second-order valence-electron chi connectivity index (χ2n) is 2.77. The molecule has 0 aromatic carbocycles. The van der Waals surface area contributed by atoms with Crippen molar-refractivity contribution in [2.24, 2.45) is 0 Å². The summed E-state index contributed by atoms with van der Waals surface area (Å²) in [5, 5.41) is 6.98. The van der Waals surface area contributed by atoms with Crippen molar-refractivity contribution >= 4 is 22.4 Å². The molecule has 6 heteroatoms. The van der Waals surface area contributed by atoms with Crippen molar-refractivity contribution in [1.29, 1.82) is 0 Å². The summed E-state index contributed by atoms with van der Waals surface area (Å²) >= 11 is 1.16. The zero-order valence-corrected chi connectivity index (χ0v) is 7.71. The molecule has 70 valence electrons. The average molecular weight is 199 g/mol. The molecular formula is C7H9N3O2S. The summed E-state index contributed by atoms with van der Waals surface area (Å²) in [7, 11) is 0. The number of carbonyl (C=O) groups excluding carboxylic acids is 1. The lowest BCUT2D eigenvalue weighted by Gasteiger charge is -2.07. The number of hydrogen-bond acceptors (Lipinski definition) is 5. The first kappa shape index (κ1) is 8.58. The number of amides is 1. The maximum Gasteiger partial charge on any atom is 0.254 e. The van der Waals surface area contributed by atoms with E-state index in [0.717, 1.165) is 24.4 Å². The average Bonchev–Trinajstić information content (AvgIpc) is 2.74. The summed E-state index contributed by atoms with van der Waals surface area (Å²) < 4.78 is 8.85. The molecule has 2 heterocycles. The third-order valence-corrected chi connectivity index (χ3v) is 2.41. The van der Waals surface area contributed by atoms with E-state index in [1.54, 1.807) is 0 Å². The molecular weight excluding hydrogens is 190 g/mol. The van der Waals surface area contributed by atoms with E-state index in [0.29, 0.717) is 11.6 Å². The third kappa shape index (κ3) is 2.02. The Morgan fingerprint density at radius 2 is 2.69 bits per heavy atom. The van der Waals surface area contributed by atoms with Gasteiger partial charge in [-0.1, -0.05) is 4.49 Å². The van der Waals surface area contributed by atoms with Crippen LogP contribution in [0, 0.1) is 0 Å². The summed E-state index contributed by atoms with van der Waals surface area (Å²) in [6.45, 7) is 0.680. The highest BCUT2D eigenvalue weighted by Crippen LogP contribution is 2.15. The number of aromatic nitrogens is 2. The minimum Gasteiger partial charge on any atom is -0.368 e. The fraction of sp³-hybridized carbons (Fsp3) is 0.571. The Kier molecular flexibility index (Phi) is 2.51. The van der Waals surface area contributed by atoms with Crippen LogP contribution in [0.15, 0.2) is 6.20 Å². The fourth-order valence-electron chi connectivity index (χ4n) is 1.21. The molecule has 1 fully saturated rings. The van der Waals surface area contributed by atoms with Crippen LogP contribution in [0.25, 0.3) is 0 Å². The van der Waals surface area contributed by atoms with Crippen LogP contribution < -0.4 is 5.32 Å². The molecule has 0 bridgehead atoms. The zero-order valence-electron chi connectivity index (χ0n) is 6.90. The van der Waals surface area contributed by atoms with Gasteiger partial charge in [0, 0.05) is 18.1 Å². The topological polar surface area (TPSA) is 64.1 Å². The smallest absolute Gasteiger partial charge is 0.254 e. The van der Waals surface area contributed by atoms with Crippen molar-refractivity contribution in [2.45, 2.75) is 18.9 Å². The molecule has 0 aliphatic carbocycles. The molecule has 5 nitrogen and oxygen atoms in total. The van der Waals surface area contributed by atoms with Crippen molar-refractivity contribution < 1.29 is 9.53 Å². The van der Waals surface area contributed by atoms with Gasteiger partial charge < -0.3 is 10.1 Å². The van der Waals surface area contributed by atoms with Crippen LogP contribution >= 0.6 is 11.5 Å². The van der Waals surface area contributed by atoms with Gasteiger partial charge in [-0.3, -0.25) is 4.79 Å². The van der Waals surface area contributed by atoms with E-state index in [9.17, 15) is 4.79 Å². The molecule has 13 heavy (non-hydrogen) atoms. The van der Waals surface area contributed by atoms with Crippen LogP contribution in [-0.4, -0.2) is 28.2 Å². The second kappa shape index (κ2) is 3.80. The van der Waals surface area contributed by atoms with Gasteiger partial charge in [-0.2, -0.15) is 0 Å². The van der Waals surface area contributed by atoms with E-state index >= 15 is 0 Å². The van der Waals surface area contributed by atoms with Gasteiger partial charge in [0.25, 0.3) is 5.91 Å². The van der Waals surface area contributed by atoms with Crippen molar-refractivity contribution in [2.75, 3.05) is 11.9 Å². The van der Waals surface area contributed by atoms with Crippen molar-refractivity contribution in [3.05, 3.63) is 6.20 Å². The Balaban J connectivity index is 1.91. The summed E-state index contributed by atoms with van der Waals surface area (Å²) in [6, 6.07) is 0. The first-order valence-corrected chi connectivity index (χ1v) is 4.83. The van der Waals surface area contributed by atoms with E-state index in [4.69, 9.17) is 4.74 Å². The molecule has 1 aromatic rings. The highest BCUT2D eigenvalue weighted by molar-refractivity contribution is 7.10. The highest BCUT2D eigenvalue weighted by Gasteiger charge is 2.23. The van der Waals surface area contributed by atoms with Crippen molar-refractivity contribution in [3.63, 3.8) is 0 Å². The predicted octanol–water partition coefficient (Wildman–Crippen LogP) is 0.656. The molecule has 1 N–H and O–H groups in total. The highest BCUT2D eigenvalue weighted by atomic mass is 32.1. The van der Waals surface area contributed by atoms with Gasteiger partial charge in [0.2, 0.25) is 0 Å². The molecule has 1 aliphatic rings.